The number of oxazole rings is 1. The van der Waals surface area contributed by atoms with Gasteiger partial charge in [0.1, 0.15) is 5.52 Å². The van der Waals surface area contributed by atoms with Crippen LogP contribution in [0.5, 0.6) is 11.5 Å². The van der Waals surface area contributed by atoms with Crippen molar-refractivity contribution >= 4 is 38.9 Å². The second-order valence-electron chi connectivity index (χ2n) is 6.34. The number of nitrogens with zero attached hydrogens (tertiary/aromatic N) is 2. The fourth-order valence-corrected chi connectivity index (χ4v) is 3.33. The molecule has 3 aromatic carbocycles. The summed E-state index contributed by atoms with van der Waals surface area (Å²) in [4.78, 5) is 9.05. The predicted octanol–water partition coefficient (Wildman–Crippen LogP) is 6.03. The van der Waals surface area contributed by atoms with E-state index in [1.165, 1.54) is 7.11 Å². The van der Waals surface area contributed by atoms with Crippen LogP contribution in [-0.4, -0.2) is 23.4 Å². The maximum absolute atomic E-state index is 10.3. The lowest BCUT2D eigenvalue weighted by Crippen LogP contribution is -1.89. The van der Waals surface area contributed by atoms with Gasteiger partial charge in [0.15, 0.2) is 17.1 Å². The highest BCUT2D eigenvalue weighted by molar-refractivity contribution is 9.10. The van der Waals surface area contributed by atoms with Crippen LogP contribution in [0.3, 0.4) is 0 Å². The Bertz CT molecular complexity index is 1200. The number of aromatic hydroxyl groups is 1. The number of methoxy groups -OCH3 is 1. The topological polar surface area (TPSA) is 67.9 Å². The smallest absolute Gasteiger partial charge is 0.227 e. The number of aromatic nitrogens is 1. The number of fused-ring (bicyclic) bond motifs is 1. The molecular weight excluding hydrogens is 420 g/mol. The minimum atomic E-state index is 0.0416. The van der Waals surface area contributed by atoms with Gasteiger partial charge in [-0.05, 0) is 55.0 Å². The van der Waals surface area contributed by atoms with E-state index >= 15 is 0 Å². The second kappa shape index (κ2) is 7.48. The van der Waals surface area contributed by atoms with E-state index in [-0.39, 0.29) is 5.75 Å². The molecule has 0 fully saturated rings. The third-order valence-electron chi connectivity index (χ3n) is 4.28. The Morgan fingerprint density at radius 3 is 2.82 bits per heavy atom. The number of hydrogen-bond acceptors (Lipinski definition) is 5. The van der Waals surface area contributed by atoms with Gasteiger partial charge in [-0.3, -0.25) is 4.99 Å². The molecule has 0 amide bonds. The van der Waals surface area contributed by atoms with Gasteiger partial charge < -0.3 is 14.3 Å². The third kappa shape index (κ3) is 3.64. The molecule has 0 aliphatic carbocycles. The van der Waals surface area contributed by atoms with Crippen molar-refractivity contribution in [2.75, 3.05) is 7.11 Å². The first-order valence-electron chi connectivity index (χ1n) is 8.62. The zero-order valence-corrected chi connectivity index (χ0v) is 16.9. The number of aliphatic imine (C=N–C) groups is 1. The van der Waals surface area contributed by atoms with E-state index in [0.29, 0.717) is 22.9 Å². The number of halogens is 1. The molecule has 4 aromatic rings. The first-order chi connectivity index (χ1) is 13.5. The number of phenols is 1. The zero-order chi connectivity index (χ0) is 19.7. The number of aryl methyl sites for hydroxylation is 1. The summed E-state index contributed by atoms with van der Waals surface area (Å²) in [6.07, 6.45) is 1.59. The van der Waals surface area contributed by atoms with Crippen molar-refractivity contribution < 1.29 is 14.3 Å². The van der Waals surface area contributed by atoms with Gasteiger partial charge in [0, 0.05) is 21.8 Å². The largest absolute Gasteiger partial charge is 0.504 e. The molecule has 5 nitrogen and oxygen atoms in total. The van der Waals surface area contributed by atoms with Crippen molar-refractivity contribution in [2.45, 2.75) is 6.92 Å². The molecule has 1 aromatic heterocycles. The fraction of sp³-hybridized carbons (Fsp3) is 0.0909. The summed E-state index contributed by atoms with van der Waals surface area (Å²) in [5.74, 6) is 0.968. The quantitative estimate of drug-likeness (QED) is 0.396. The van der Waals surface area contributed by atoms with E-state index < -0.39 is 0 Å². The number of ether oxygens (including phenoxy) is 1. The lowest BCUT2D eigenvalue weighted by atomic mass is 10.2. The average molecular weight is 437 g/mol. The van der Waals surface area contributed by atoms with Gasteiger partial charge in [0.25, 0.3) is 0 Å². The monoisotopic (exact) mass is 436 g/mol. The number of benzene rings is 3. The Kier molecular flexibility index (Phi) is 4.88. The highest BCUT2D eigenvalue weighted by Gasteiger charge is 2.10. The van der Waals surface area contributed by atoms with Crippen molar-refractivity contribution in [3.8, 4) is 23.0 Å². The molecule has 0 aliphatic heterocycles. The van der Waals surface area contributed by atoms with Gasteiger partial charge >= 0.3 is 0 Å². The Hall–Kier alpha value is -3.12. The summed E-state index contributed by atoms with van der Waals surface area (Å²) in [7, 11) is 1.51. The summed E-state index contributed by atoms with van der Waals surface area (Å²) >= 11 is 3.40. The Morgan fingerprint density at radius 1 is 1.14 bits per heavy atom. The molecule has 28 heavy (non-hydrogen) atoms. The van der Waals surface area contributed by atoms with Crippen LogP contribution in [0.1, 0.15) is 11.1 Å². The first kappa shape index (κ1) is 18.3. The number of hydrogen-bond donors (Lipinski definition) is 1. The minimum Gasteiger partial charge on any atom is -0.504 e. The Morgan fingerprint density at radius 2 is 2.00 bits per heavy atom. The molecule has 1 heterocycles. The van der Waals surface area contributed by atoms with E-state index in [1.807, 2.05) is 49.4 Å². The molecule has 0 bridgehead atoms. The lowest BCUT2D eigenvalue weighted by molar-refractivity contribution is 0.373. The summed E-state index contributed by atoms with van der Waals surface area (Å²) in [6, 6.07) is 17.0. The average Bonchev–Trinajstić information content (AvgIpc) is 3.11. The molecular formula is C22H17BrN2O3. The van der Waals surface area contributed by atoms with Gasteiger partial charge in [0.05, 0.1) is 12.8 Å². The summed E-state index contributed by atoms with van der Waals surface area (Å²) in [6.45, 7) is 2.02. The van der Waals surface area contributed by atoms with Crippen LogP contribution >= 0.6 is 15.9 Å². The highest BCUT2D eigenvalue weighted by Crippen LogP contribution is 2.33. The van der Waals surface area contributed by atoms with E-state index in [1.54, 1.807) is 18.3 Å². The normalized spacial score (nSPS) is 11.4. The molecule has 1 N–H and O–H groups in total. The SMILES string of the molecule is COc1cc(Br)cc(C=Nc2cccc(-c3nc4cc(C)ccc4o3)c2)c1O. The van der Waals surface area contributed by atoms with Crippen molar-refractivity contribution in [2.24, 2.45) is 4.99 Å². The zero-order valence-electron chi connectivity index (χ0n) is 15.3. The minimum absolute atomic E-state index is 0.0416. The van der Waals surface area contributed by atoms with Crippen LogP contribution in [0.15, 0.2) is 68.5 Å². The molecule has 6 heteroatoms. The fourth-order valence-electron chi connectivity index (χ4n) is 2.87. The second-order valence-corrected chi connectivity index (χ2v) is 7.26. The van der Waals surface area contributed by atoms with Gasteiger partial charge in [-0.2, -0.15) is 0 Å². The van der Waals surface area contributed by atoms with Gasteiger partial charge in [0.2, 0.25) is 5.89 Å². The van der Waals surface area contributed by atoms with Crippen molar-refractivity contribution in [1.29, 1.82) is 0 Å². The van der Waals surface area contributed by atoms with Crippen molar-refractivity contribution in [3.05, 3.63) is 70.2 Å². The number of rotatable bonds is 4. The number of phenolic OH excluding ortho intramolecular Hbond substituents is 1. The molecule has 0 aliphatic rings. The molecule has 0 spiro atoms. The predicted molar refractivity (Wildman–Crippen MR) is 114 cm³/mol. The summed E-state index contributed by atoms with van der Waals surface area (Å²) in [5, 5.41) is 10.3. The molecule has 140 valence electrons. The summed E-state index contributed by atoms with van der Waals surface area (Å²) in [5.41, 5.74) is 4.81. The van der Waals surface area contributed by atoms with Crippen LogP contribution in [0.2, 0.25) is 0 Å². The van der Waals surface area contributed by atoms with Gasteiger partial charge in [-0.15, -0.1) is 0 Å². The molecule has 0 saturated carbocycles. The van der Waals surface area contributed by atoms with Crippen LogP contribution in [0.25, 0.3) is 22.6 Å². The van der Waals surface area contributed by atoms with Crippen molar-refractivity contribution in [1.82, 2.24) is 4.98 Å². The van der Waals surface area contributed by atoms with E-state index in [4.69, 9.17) is 9.15 Å². The standard InChI is InChI=1S/C22H17BrN2O3/c1-13-6-7-19-18(8-13)25-22(28-19)14-4-3-5-17(10-14)24-12-15-9-16(23)11-20(27-2)21(15)26/h3-12,26H,1-2H3. The Labute approximate surface area is 170 Å². The maximum atomic E-state index is 10.3. The molecule has 0 saturated heterocycles. The van der Waals surface area contributed by atoms with Gasteiger partial charge in [-0.25, -0.2) is 4.98 Å². The van der Waals surface area contributed by atoms with E-state index in [2.05, 4.69) is 25.9 Å². The van der Waals surface area contributed by atoms with Gasteiger partial charge in [-0.1, -0.05) is 28.1 Å². The van der Waals surface area contributed by atoms with Crippen molar-refractivity contribution in [3.63, 3.8) is 0 Å². The highest BCUT2D eigenvalue weighted by atomic mass is 79.9. The molecule has 0 atom stereocenters. The van der Waals surface area contributed by atoms with Crippen LogP contribution in [0, 0.1) is 6.92 Å². The molecule has 0 radical (unpaired) electrons. The lowest BCUT2D eigenvalue weighted by Gasteiger charge is -2.06. The van der Waals surface area contributed by atoms with Crippen LogP contribution in [0.4, 0.5) is 5.69 Å². The van der Waals surface area contributed by atoms with Crippen LogP contribution in [-0.2, 0) is 0 Å². The van der Waals surface area contributed by atoms with E-state index in [0.717, 1.165) is 26.7 Å². The molecule has 0 unspecified atom stereocenters. The van der Waals surface area contributed by atoms with Crippen LogP contribution < -0.4 is 4.74 Å². The maximum Gasteiger partial charge on any atom is 0.227 e. The molecule has 4 rings (SSSR count). The first-order valence-corrected chi connectivity index (χ1v) is 9.41. The summed E-state index contributed by atoms with van der Waals surface area (Å²) < 4.78 is 11.8. The third-order valence-corrected chi connectivity index (χ3v) is 4.74. The van der Waals surface area contributed by atoms with E-state index in [9.17, 15) is 5.11 Å². The Balaban J connectivity index is 1.67.